The summed E-state index contributed by atoms with van der Waals surface area (Å²) < 4.78 is 0. The highest BCUT2D eigenvalue weighted by Crippen LogP contribution is 2.20. The Labute approximate surface area is 116 Å². The van der Waals surface area contributed by atoms with E-state index in [0.717, 1.165) is 5.75 Å². The molecule has 0 fully saturated rings. The lowest BCUT2D eigenvalue weighted by atomic mass is 10.2. The van der Waals surface area contributed by atoms with Gasteiger partial charge in [0.15, 0.2) is 5.15 Å². The van der Waals surface area contributed by atoms with E-state index in [-0.39, 0.29) is 28.8 Å². The van der Waals surface area contributed by atoms with Crippen molar-refractivity contribution in [2.24, 2.45) is 5.92 Å². The molecule has 0 saturated carbocycles. The number of aliphatic hydroxyl groups excluding tert-OH is 1. The van der Waals surface area contributed by atoms with Crippen LogP contribution in [0.3, 0.4) is 0 Å². The van der Waals surface area contributed by atoms with Crippen LogP contribution in [0.4, 0.5) is 5.69 Å². The molecule has 2 N–H and O–H groups in total. The highest BCUT2D eigenvalue weighted by molar-refractivity contribution is 8.00. The predicted octanol–water partition coefficient (Wildman–Crippen LogP) is 2.42. The summed E-state index contributed by atoms with van der Waals surface area (Å²) >= 11 is 7.36. The van der Waals surface area contributed by atoms with Crippen molar-refractivity contribution in [2.75, 3.05) is 17.7 Å². The van der Waals surface area contributed by atoms with Crippen LogP contribution in [0, 0.1) is 5.92 Å². The molecule has 4 nitrogen and oxygen atoms in total. The number of hydrogen-bond acceptors (Lipinski definition) is 4. The van der Waals surface area contributed by atoms with Crippen molar-refractivity contribution in [2.45, 2.75) is 19.1 Å². The minimum Gasteiger partial charge on any atom is -0.396 e. The Bertz CT molecular complexity index is 403. The van der Waals surface area contributed by atoms with E-state index in [1.165, 1.54) is 11.8 Å². The van der Waals surface area contributed by atoms with E-state index in [4.69, 9.17) is 16.7 Å². The second-order valence-electron chi connectivity index (χ2n) is 4.09. The molecule has 2 atom stereocenters. The van der Waals surface area contributed by atoms with E-state index in [2.05, 4.69) is 10.3 Å². The highest BCUT2D eigenvalue weighted by atomic mass is 35.5. The molecule has 1 heterocycles. The van der Waals surface area contributed by atoms with Gasteiger partial charge in [0.1, 0.15) is 0 Å². The van der Waals surface area contributed by atoms with Crippen LogP contribution in [-0.2, 0) is 4.79 Å². The van der Waals surface area contributed by atoms with E-state index in [9.17, 15) is 4.79 Å². The Kier molecular flexibility index (Phi) is 6.46. The smallest absolute Gasteiger partial charge is 0.237 e. The molecule has 0 aliphatic rings. The number of aliphatic hydroxyl groups is 1. The Balaban J connectivity index is 2.48. The van der Waals surface area contributed by atoms with Gasteiger partial charge in [-0.15, -0.1) is 11.8 Å². The number of carbonyl (C=O) groups is 1. The Morgan fingerprint density at radius 1 is 1.61 bits per heavy atom. The minimum atomic E-state index is -0.199. The topological polar surface area (TPSA) is 62.2 Å². The number of nitrogens with zero attached hydrogens (tertiary/aromatic N) is 1. The Morgan fingerprint density at radius 2 is 2.33 bits per heavy atom. The summed E-state index contributed by atoms with van der Waals surface area (Å²) in [5, 5.41) is 11.7. The summed E-state index contributed by atoms with van der Waals surface area (Å²) in [4.78, 5) is 15.8. The molecule has 100 valence electrons. The Morgan fingerprint density at radius 3 is 2.94 bits per heavy atom. The van der Waals surface area contributed by atoms with E-state index < -0.39 is 0 Å². The zero-order valence-corrected chi connectivity index (χ0v) is 12.0. The molecule has 0 unspecified atom stereocenters. The SMILES string of the molecule is C[C@@H](CO)CS[C@@H](C)C(=O)Nc1cccnc1Cl. The van der Waals surface area contributed by atoms with Gasteiger partial charge in [-0.05, 0) is 30.7 Å². The molecule has 0 saturated heterocycles. The van der Waals surface area contributed by atoms with Gasteiger partial charge in [-0.1, -0.05) is 18.5 Å². The molecule has 18 heavy (non-hydrogen) atoms. The van der Waals surface area contributed by atoms with Gasteiger partial charge in [-0.3, -0.25) is 4.79 Å². The molecule has 6 heteroatoms. The van der Waals surface area contributed by atoms with Crippen LogP contribution in [0.25, 0.3) is 0 Å². The number of nitrogens with one attached hydrogen (secondary N) is 1. The molecular formula is C12H17ClN2O2S. The largest absolute Gasteiger partial charge is 0.396 e. The van der Waals surface area contributed by atoms with Crippen molar-refractivity contribution in [3.63, 3.8) is 0 Å². The molecule has 1 rings (SSSR count). The molecule has 1 amide bonds. The quantitative estimate of drug-likeness (QED) is 0.789. The fraction of sp³-hybridized carbons (Fsp3) is 0.500. The monoisotopic (exact) mass is 288 g/mol. The molecule has 0 aliphatic carbocycles. The summed E-state index contributed by atoms with van der Waals surface area (Å²) in [5.74, 6) is 0.818. The molecular weight excluding hydrogens is 272 g/mol. The number of anilines is 1. The van der Waals surface area contributed by atoms with Crippen molar-refractivity contribution in [3.05, 3.63) is 23.5 Å². The van der Waals surface area contributed by atoms with Gasteiger partial charge in [0, 0.05) is 12.8 Å². The maximum atomic E-state index is 11.9. The highest BCUT2D eigenvalue weighted by Gasteiger charge is 2.16. The zero-order chi connectivity index (χ0) is 13.5. The summed E-state index contributed by atoms with van der Waals surface area (Å²) in [7, 11) is 0. The van der Waals surface area contributed by atoms with Gasteiger partial charge in [-0.25, -0.2) is 4.98 Å². The maximum Gasteiger partial charge on any atom is 0.237 e. The van der Waals surface area contributed by atoms with Crippen LogP contribution in [0.1, 0.15) is 13.8 Å². The van der Waals surface area contributed by atoms with Crippen molar-refractivity contribution < 1.29 is 9.90 Å². The van der Waals surface area contributed by atoms with Gasteiger partial charge in [-0.2, -0.15) is 0 Å². The third-order valence-corrected chi connectivity index (χ3v) is 4.11. The van der Waals surface area contributed by atoms with Crippen molar-refractivity contribution in [1.82, 2.24) is 4.98 Å². The number of aromatic nitrogens is 1. The van der Waals surface area contributed by atoms with Gasteiger partial charge in [0.05, 0.1) is 10.9 Å². The fourth-order valence-corrected chi connectivity index (χ4v) is 2.25. The van der Waals surface area contributed by atoms with Crippen LogP contribution in [0.15, 0.2) is 18.3 Å². The number of rotatable bonds is 6. The van der Waals surface area contributed by atoms with E-state index in [1.54, 1.807) is 18.3 Å². The van der Waals surface area contributed by atoms with Crippen molar-refractivity contribution >= 4 is 35.0 Å². The number of pyridine rings is 1. The Hall–Kier alpha value is -0.780. The van der Waals surface area contributed by atoms with E-state index in [1.807, 2.05) is 13.8 Å². The molecule has 0 radical (unpaired) electrons. The normalized spacial score (nSPS) is 14.0. The third-order valence-electron chi connectivity index (χ3n) is 2.33. The van der Waals surface area contributed by atoms with Crippen molar-refractivity contribution in [3.8, 4) is 0 Å². The lowest BCUT2D eigenvalue weighted by molar-refractivity contribution is -0.115. The fourth-order valence-electron chi connectivity index (χ4n) is 1.15. The molecule has 1 aromatic heterocycles. The first-order valence-electron chi connectivity index (χ1n) is 5.68. The average Bonchev–Trinajstić information content (AvgIpc) is 2.38. The van der Waals surface area contributed by atoms with Crippen LogP contribution in [-0.4, -0.2) is 33.6 Å². The van der Waals surface area contributed by atoms with Crippen LogP contribution in [0.2, 0.25) is 5.15 Å². The number of hydrogen-bond donors (Lipinski definition) is 2. The van der Waals surface area contributed by atoms with Gasteiger partial charge in [0.25, 0.3) is 0 Å². The maximum absolute atomic E-state index is 11.9. The molecule has 0 aromatic carbocycles. The van der Waals surface area contributed by atoms with E-state index >= 15 is 0 Å². The number of thioether (sulfide) groups is 1. The minimum absolute atomic E-state index is 0.111. The molecule has 0 aliphatic heterocycles. The molecule has 0 spiro atoms. The predicted molar refractivity (Wildman–Crippen MR) is 76.0 cm³/mol. The van der Waals surface area contributed by atoms with Crippen LogP contribution in [0.5, 0.6) is 0 Å². The lowest BCUT2D eigenvalue weighted by Crippen LogP contribution is -2.24. The summed E-state index contributed by atoms with van der Waals surface area (Å²) in [6.45, 7) is 3.90. The van der Waals surface area contributed by atoms with Gasteiger partial charge >= 0.3 is 0 Å². The lowest BCUT2D eigenvalue weighted by Gasteiger charge is -2.14. The van der Waals surface area contributed by atoms with Crippen molar-refractivity contribution in [1.29, 1.82) is 0 Å². The average molecular weight is 289 g/mol. The molecule has 1 aromatic rings. The summed E-state index contributed by atoms with van der Waals surface area (Å²) in [6, 6.07) is 3.42. The zero-order valence-electron chi connectivity index (χ0n) is 10.4. The molecule has 0 bridgehead atoms. The van der Waals surface area contributed by atoms with Gasteiger partial charge < -0.3 is 10.4 Å². The first-order chi connectivity index (χ1) is 8.54. The summed E-state index contributed by atoms with van der Waals surface area (Å²) in [5.41, 5.74) is 0.520. The summed E-state index contributed by atoms with van der Waals surface area (Å²) in [6.07, 6.45) is 1.57. The number of carbonyl (C=O) groups excluding carboxylic acids is 1. The number of amides is 1. The first kappa shape index (κ1) is 15.3. The van der Waals surface area contributed by atoms with Crippen LogP contribution >= 0.6 is 23.4 Å². The first-order valence-corrected chi connectivity index (χ1v) is 7.11. The second-order valence-corrected chi connectivity index (χ2v) is 5.83. The third kappa shape index (κ3) is 4.84. The van der Waals surface area contributed by atoms with Gasteiger partial charge in [0.2, 0.25) is 5.91 Å². The van der Waals surface area contributed by atoms with E-state index in [0.29, 0.717) is 5.69 Å². The second kappa shape index (κ2) is 7.61. The standard InChI is InChI=1S/C12H17ClN2O2S/c1-8(6-16)7-18-9(2)12(17)15-10-4-3-5-14-11(10)13/h3-5,8-9,16H,6-7H2,1-2H3,(H,15,17)/t8-,9-/m0/s1. The number of halogens is 1. The van der Waals surface area contributed by atoms with Crippen LogP contribution < -0.4 is 5.32 Å².